The van der Waals surface area contributed by atoms with Gasteiger partial charge in [-0.15, -0.1) is 0 Å². The van der Waals surface area contributed by atoms with Crippen LogP contribution in [-0.2, 0) is 5.67 Å². The van der Waals surface area contributed by atoms with Crippen LogP contribution in [0.25, 0.3) is 11.1 Å². The van der Waals surface area contributed by atoms with Gasteiger partial charge in [-0.05, 0) is 29.5 Å². The third kappa shape index (κ3) is 4.17. The lowest BCUT2D eigenvalue weighted by Crippen LogP contribution is -2.21. The second kappa shape index (κ2) is 8.09. The van der Waals surface area contributed by atoms with Crippen molar-refractivity contribution in [2.45, 2.75) is 44.7 Å². The minimum Gasteiger partial charge on any atom is -0.396 e. The predicted molar refractivity (Wildman–Crippen MR) is 90.5 cm³/mol. The smallest absolute Gasteiger partial charge is 0.138 e. The standard InChI is InChI=1S/C20H25FO/c1-2-3-7-14-20(21,15-16-22)19-12-10-18(11-13-19)17-8-5-4-6-9-17/h4-6,8-13,22H,2-3,7,14-16H2,1H3/t20-/m1/s1. The molecular weight excluding hydrogens is 275 g/mol. The van der Waals surface area contributed by atoms with E-state index in [1.165, 1.54) is 0 Å². The van der Waals surface area contributed by atoms with Crippen molar-refractivity contribution < 1.29 is 9.50 Å². The van der Waals surface area contributed by atoms with E-state index in [9.17, 15) is 5.11 Å². The van der Waals surface area contributed by atoms with Crippen LogP contribution in [0.4, 0.5) is 4.39 Å². The second-order valence-electron chi connectivity index (χ2n) is 5.84. The molecule has 0 aromatic heterocycles. The van der Waals surface area contributed by atoms with Gasteiger partial charge in [0.25, 0.3) is 0 Å². The van der Waals surface area contributed by atoms with E-state index in [-0.39, 0.29) is 13.0 Å². The molecule has 2 aromatic carbocycles. The highest BCUT2D eigenvalue weighted by molar-refractivity contribution is 5.63. The van der Waals surface area contributed by atoms with Gasteiger partial charge in [0.2, 0.25) is 0 Å². The number of unbranched alkanes of at least 4 members (excludes halogenated alkanes) is 2. The van der Waals surface area contributed by atoms with Crippen LogP contribution < -0.4 is 0 Å². The van der Waals surface area contributed by atoms with Crippen molar-refractivity contribution in [1.29, 1.82) is 0 Å². The number of aliphatic hydroxyl groups is 1. The number of hydrogen-bond donors (Lipinski definition) is 1. The van der Waals surface area contributed by atoms with Crippen molar-refractivity contribution in [1.82, 2.24) is 0 Å². The molecule has 0 saturated carbocycles. The van der Waals surface area contributed by atoms with E-state index in [0.717, 1.165) is 30.4 Å². The summed E-state index contributed by atoms with van der Waals surface area (Å²) < 4.78 is 15.2. The van der Waals surface area contributed by atoms with Crippen LogP contribution in [0.5, 0.6) is 0 Å². The van der Waals surface area contributed by atoms with Crippen molar-refractivity contribution >= 4 is 0 Å². The molecule has 0 aliphatic heterocycles. The Bertz CT molecular complexity index is 550. The van der Waals surface area contributed by atoms with Crippen LogP contribution in [0.3, 0.4) is 0 Å². The molecule has 2 aromatic rings. The molecule has 1 N–H and O–H groups in total. The van der Waals surface area contributed by atoms with Crippen LogP contribution in [-0.4, -0.2) is 11.7 Å². The second-order valence-corrected chi connectivity index (χ2v) is 5.84. The Morgan fingerprint density at radius 1 is 0.864 bits per heavy atom. The maximum atomic E-state index is 15.2. The van der Waals surface area contributed by atoms with Gasteiger partial charge in [0.05, 0.1) is 0 Å². The first-order valence-corrected chi connectivity index (χ1v) is 8.15. The van der Waals surface area contributed by atoms with Gasteiger partial charge in [0.15, 0.2) is 0 Å². The lowest BCUT2D eigenvalue weighted by Gasteiger charge is -2.25. The molecule has 0 radical (unpaired) electrons. The maximum Gasteiger partial charge on any atom is 0.138 e. The molecular formula is C20H25FO. The summed E-state index contributed by atoms with van der Waals surface area (Å²) in [6.45, 7) is 1.99. The Morgan fingerprint density at radius 3 is 2.09 bits per heavy atom. The topological polar surface area (TPSA) is 20.2 Å². The Labute approximate surface area is 132 Å². The highest BCUT2D eigenvalue weighted by Crippen LogP contribution is 2.36. The van der Waals surface area contributed by atoms with Crippen LogP contribution in [0.2, 0.25) is 0 Å². The van der Waals surface area contributed by atoms with E-state index in [0.29, 0.717) is 12.0 Å². The van der Waals surface area contributed by atoms with Gasteiger partial charge in [-0.3, -0.25) is 0 Å². The minimum absolute atomic E-state index is 0.122. The van der Waals surface area contributed by atoms with E-state index in [2.05, 4.69) is 6.92 Å². The van der Waals surface area contributed by atoms with Gasteiger partial charge in [-0.25, -0.2) is 4.39 Å². The summed E-state index contributed by atoms with van der Waals surface area (Å²) in [4.78, 5) is 0. The van der Waals surface area contributed by atoms with Crippen molar-refractivity contribution in [2.24, 2.45) is 0 Å². The number of aliphatic hydroxyl groups excluding tert-OH is 1. The van der Waals surface area contributed by atoms with Crippen molar-refractivity contribution in [3.05, 3.63) is 60.2 Å². The highest BCUT2D eigenvalue weighted by atomic mass is 19.1. The molecule has 2 rings (SSSR count). The molecule has 118 valence electrons. The molecule has 0 fully saturated rings. The summed E-state index contributed by atoms with van der Waals surface area (Å²) in [7, 11) is 0. The number of rotatable bonds is 8. The minimum atomic E-state index is -1.42. The summed E-state index contributed by atoms with van der Waals surface area (Å²) in [6, 6.07) is 17.7. The zero-order valence-corrected chi connectivity index (χ0v) is 13.3. The Kier molecular flexibility index (Phi) is 6.14. The summed E-state index contributed by atoms with van der Waals surface area (Å²) in [5.41, 5.74) is 1.48. The van der Waals surface area contributed by atoms with Gasteiger partial charge in [-0.1, -0.05) is 74.4 Å². The zero-order valence-electron chi connectivity index (χ0n) is 13.3. The lowest BCUT2D eigenvalue weighted by molar-refractivity contribution is 0.0996. The van der Waals surface area contributed by atoms with Crippen LogP contribution in [0, 0.1) is 0 Å². The first kappa shape index (κ1) is 16.7. The molecule has 0 bridgehead atoms. The van der Waals surface area contributed by atoms with Gasteiger partial charge in [-0.2, -0.15) is 0 Å². The van der Waals surface area contributed by atoms with Gasteiger partial charge < -0.3 is 5.11 Å². The highest BCUT2D eigenvalue weighted by Gasteiger charge is 2.30. The third-order valence-corrected chi connectivity index (χ3v) is 4.19. The van der Waals surface area contributed by atoms with Crippen molar-refractivity contribution in [3.8, 4) is 11.1 Å². The molecule has 0 aliphatic carbocycles. The fourth-order valence-electron chi connectivity index (χ4n) is 2.84. The monoisotopic (exact) mass is 300 g/mol. The maximum absolute atomic E-state index is 15.2. The molecule has 0 amide bonds. The summed E-state index contributed by atoms with van der Waals surface area (Å²) in [5, 5.41) is 9.21. The summed E-state index contributed by atoms with van der Waals surface area (Å²) in [6.07, 6.45) is 3.60. The van der Waals surface area contributed by atoms with Gasteiger partial charge in [0, 0.05) is 13.0 Å². The van der Waals surface area contributed by atoms with E-state index in [1.807, 2.05) is 54.6 Å². The fourth-order valence-corrected chi connectivity index (χ4v) is 2.84. The average molecular weight is 300 g/mol. The molecule has 22 heavy (non-hydrogen) atoms. The molecule has 2 heteroatoms. The Morgan fingerprint density at radius 2 is 1.50 bits per heavy atom. The summed E-state index contributed by atoms with van der Waals surface area (Å²) >= 11 is 0. The molecule has 0 aliphatic rings. The van der Waals surface area contributed by atoms with Crippen molar-refractivity contribution in [2.75, 3.05) is 6.61 Å². The van der Waals surface area contributed by atoms with Crippen LogP contribution in [0.1, 0.15) is 44.6 Å². The molecule has 1 nitrogen and oxygen atoms in total. The normalized spacial score (nSPS) is 13.8. The summed E-state index contributed by atoms with van der Waals surface area (Å²) in [5.74, 6) is 0. The average Bonchev–Trinajstić information content (AvgIpc) is 2.56. The first-order chi connectivity index (χ1) is 10.7. The third-order valence-electron chi connectivity index (χ3n) is 4.19. The number of hydrogen-bond acceptors (Lipinski definition) is 1. The largest absolute Gasteiger partial charge is 0.396 e. The molecule has 0 unspecified atom stereocenters. The number of alkyl halides is 1. The lowest BCUT2D eigenvalue weighted by atomic mass is 9.86. The van der Waals surface area contributed by atoms with E-state index >= 15 is 4.39 Å². The quantitative estimate of drug-likeness (QED) is 0.640. The first-order valence-electron chi connectivity index (χ1n) is 8.15. The molecule has 0 spiro atoms. The number of halogens is 1. The SMILES string of the molecule is CCCCC[C@@](F)(CCO)c1ccc(-c2ccccc2)cc1. The number of benzene rings is 2. The van der Waals surface area contributed by atoms with Crippen LogP contribution in [0.15, 0.2) is 54.6 Å². The van der Waals surface area contributed by atoms with Gasteiger partial charge >= 0.3 is 0 Å². The van der Waals surface area contributed by atoms with E-state index in [1.54, 1.807) is 0 Å². The van der Waals surface area contributed by atoms with Crippen molar-refractivity contribution in [3.63, 3.8) is 0 Å². The Balaban J connectivity index is 2.18. The Hall–Kier alpha value is -1.67. The van der Waals surface area contributed by atoms with Gasteiger partial charge in [0.1, 0.15) is 5.67 Å². The fraction of sp³-hybridized carbons (Fsp3) is 0.400. The van der Waals surface area contributed by atoms with E-state index < -0.39 is 5.67 Å². The molecule has 0 heterocycles. The predicted octanol–water partition coefficient (Wildman–Crippen LogP) is 5.48. The molecule has 1 atom stereocenters. The molecule has 0 saturated heterocycles. The van der Waals surface area contributed by atoms with E-state index in [4.69, 9.17) is 0 Å². The zero-order chi connectivity index (χ0) is 15.8. The van der Waals surface area contributed by atoms with Crippen LogP contribution >= 0.6 is 0 Å².